The van der Waals surface area contributed by atoms with Crippen LogP contribution in [-0.2, 0) is 0 Å². The van der Waals surface area contributed by atoms with E-state index in [1.54, 1.807) is 6.20 Å². The predicted octanol–water partition coefficient (Wildman–Crippen LogP) is 2.04. The molecule has 0 saturated heterocycles. The van der Waals surface area contributed by atoms with Crippen molar-refractivity contribution in [2.45, 2.75) is 20.8 Å². The lowest BCUT2D eigenvalue weighted by Crippen LogP contribution is -2.03. The molecule has 0 atom stereocenters. The molecule has 0 unspecified atom stereocenters. The van der Waals surface area contributed by atoms with E-state index in [-0.39, 0.29) is 0 Å². The van der Waals surface area contributed by atoms with Crippen LogP contribution in [0.3, 0.4) is 0 Å². The molecule has 0 aliphatic rings. The van der Waals surface area contributed by atoms with Crippen molar-refractivity contribution >= 4 is 5.95 Å². The monoisotopic (exact) mass is 233 g/mol. The zero-order chi connectivity index (χ0) is 12.3. The number of aromatic amines is 1. The molecule has 0 spiro atoms. The fraction of sp³-hybridized carbons (Fsp3) is 0.364. The second-order valence-electron chi connectivity index (χ2n) is 3.70. The number of aromatic nitrogens is 4. The van der Waals surface area contributed by atoms with Gasteiger partial charge in [-0.05, 0) is 20.8 Å². The molecule has 6 nitrogen and oxygen atoms in total. The molecule has 2 aromatic rings. The lowest BCUT2D eigenvalue weighted by molar-refractivity contribution is 0.439. The van der Waals surface area contributed by atoms with E-state index in [0.29, 0.717) is 17.7 Å². The lowest BCUT2D eigenvalue weighted by atomic mass is 10.4. The van der Waals surface area contributed by atoms with Gasteiger partial charge in [-0.25, -0.2) is 4.98 Å². The molecule has 2 heterocycles. The van der Waals surface area contributed by atoms with E-state index in [4.69, 9.17) is 4.74 Å². The van der Waals surface area contributed by atoms with Gasteiger partial charge in [0.05, 0.1) is 0 Å². The molecule has 2 rings (SSSR count). The van der Waals surface area contributed by atoms with Gasteiger partial charge >= 0.3 is 0 Å². The number of nitrogens with zero attached hydrogens (tertiary/aromatic N) is 3. The van der Waals surface area contributed by atoms with Gasteiger partial charge in [-0.15, -0.1) is 5.10 Å². The maximum absolute atomic E-state index is 5.58. The summed E-state index contributed by atoms with van der Waals surface area (Å²) in [5.41, 5.74) is 1.81. The topological polar surface area (TPSA) is 75.7 Å². The number of anilines is 1. The molecule has 0 saturated carbocycles. The van der Waals surface area contributed by atoms with Crippen LogP contribution in [0.2, 0.25) is 0 Å². The van der Waals surface area contributed by atoms with Gasteiger partial charge in [-0.2, -0.15) is 4.98 Å². The van der Waals surface area contributed by atoms with Crippen LogP contribution in [0.4, 0.5) is 5.95 Å². The molecule has 17 heavy (non-hydrogen) atoms. The molecule has 0 fully saturated rings. The number of ether oxygens (including phenoxy) is 1. The Hall–Kier alpha value is -2.11. The SMILES string of the molecule is CCNc1ncc(C)c(Oc2cc(C)[nH]n2)n1. The van der Waals surface area contributed by atoms with Crippen molar-refractivity contribution in [2.75, 3.05) is 11.9 Å². The predicted molar refractivity (Wildman–Crippen MR) is 64.3 cm³/mol. The minimum Gasteiger partial charge on any atom is -0.419 e. The van der Waals surface area contributed by atoms with Crippen LogP contribution in [0.5, 0.6) is 11.8 Å². The van der Waals surface area contributed by atoms with Crippen LogP contribution >= 0.6 is 0 Å². The summed E-state index contributed by atoms with van der Waals surface area (Å²) in [6.07, 6.45) is 1.72. The summed E-state index contributed by atoms with van der Waals surface area (Å²) < 4.78 is 5.58. The summed E-state index contributed by atoms with van der Waals surface area (Å²) >= 11 is 0. The molecule has 0 aromatic carbocycles. The van der Waals surface area contributed by atoms with Gasteiger partial charge in [0.2, 0.25) is 17.7 Å². The van der Waals surface area contributed by atoms with E-state index in [1.807, 2.05) is 26.8 Å². The van der Waals surface area contributed by atoms with Crippen LogP contribution in [-0.4, -0.2) is 26.7 Å². The average molecular weight is 233 g/mol. The highest BCUT2D eigenvalue weighted by atomic mass is 16.5. The Morgan fingerprint density at radius 3 is 2.88 bits per heavy atom. The number of aryl methyl sites for hydroxylation is 2. The summed E-state index contributed by atoms with van der Waals surface area (Å²) in [6, 6.07) is 1.81. The molecule has 0 radical (unpaired) electrons. The van der Waals surface area contributed by atoms with Gasteiger partial charge in [0.1, 0.15) is 0 Å². The molecule has 6 heteroatoms. The highest BCUT2D eigenvalue weighted by molar-refractivity contribution is 5.34. The number of hydrogen-bond donors (Lipinski definition) is 2. The fourth-order valence-corrected chi connectivity index (χ4v) is 1.32. The third kappa shape index (κ3) is 2.72. The fourth-order valence-electron chi connectivity index (χ4n) is 1.32. The van der Waals surface area contributed by atoms with E-state index < -0.39 is 0 Å². The molecule has 0 aliphatic heterocycles. The quantitative estimate of drug-likeness (QED) is 0.845. The van der Waals surface area contributed by atoms with E-state index in [0.717, 1.165) is 17.8 Å². The first-order chi connectivity index (χ1) is 8.19. The third-order valence-electron chi connectivity index (χ3n) is 2.14. The first-order valence-electron chi connectivity index (χ1n) is 5.46. The second kappa shape index (κ2) is 4.82. The van der Waals surface area contributed by atoms with Crippen LogP contribution in [0, 0.1) is 13.8 Å². The third-order valence-corrected chi connectivity index (χ3v) is 2.14. The maximum atomic E-state index is 5.58. The Morgan fingerprint density at radius 1 is 1.41 bits per heavy atom. The zero-order valence-corrected chi connectivity index (χ0v) is 10.1. The van der Waals surface area contributed by atoms with Crippen molar-refractivity contribution in [3.05, 3.63) is 23.5 Å². The summed E-state index contributed by atoms with van der Waals surface area (Å²) in [6.45, 7) is 6.56. The largest absolute Gasteiger partial charge is 0.419 e. The Balaban J connectivity index is 2.22. The van der Waals surface area contributed by atoms with Crippen molar-refractivity contribution in [1.82, 2.24) is 20.2 Å². The number of rotatable bonds is 4. The molecule has 2 aromatic heterocycles. The smallest absolute Gasteiger partial charge is 0.240 e. The Morgan fingerprint density at radius 2 is 2.24 bits per heavy atom. The van der Waals surface area contributed by atoms with Gasteiger partial charge in [0, 0.05) is 30.1 Å². The second-order valence-corrected chi connectivity index (χ2v) is 3.70. The van der Waals surface area contributed by atoms with Gasteiger partial charge in [0.25, 0.3) is 0 Å². The van der Waals surface area contributed by atoms with Crippen LogP contribution in [0.25, 0.3) is 0 Å². The number of nitrogens with one attached hydrogen (secondary N) is 2. The Kier molecular flexibility index (Phi) is 3.22. The van der Waals surface area contributed by atoms with Crippen molar-refractivity contribution in [3.63, 3.8) is 0 Å². The van der Waals surface area contributed by atoms with Gasteiger partial charge < -0.3 is 10.1 Å². The number of H-pyrrole nitrogens is 1. The van der Waals surface area contributed by atoms with Crippen molar-refractivity contribution in [1.29, 1.82) is 0 Å². The molecular formula is C11H15N5O. The van der Waals surface area contributed by atoms with Gasteiger partial charge in [0.15, 0.2) is 0 Å². The summed E-state index contributed by atoms with van der Waals surface area (Å²) in [4.78, 5) is 8.41. The molecular weight excluding hydrogens is 218 g/mol. The molecule has 0 amide bonds. The van der Waals surface area contributed by atoms with Gasteiger partial charge in [-0.3, -0.25) is 5.10 Å². The number of hydrogen-bond acceptors (Lipinski definition) is 5. The summed E-state index contributed by atoms with van der Waals surface area (Å²) in [5.74, 6) is 1.58. The van der Waals surface area contributed by atoms with Crippen molar-refractivity contribution in [3.8, 4) is 11.8 Å². The minimum atomic E-state index is 0.506. The van der Waals surface area contributed by atoms with E-state index in [2.05, 4.69) is 25.5 Å². The van der Waals surface area contributed by atoms with Crippen LogP contribution in [0.15, 0.2) is 12.3 Å². The standard InChI is InChI=1S/C11H15N5O/c1-4-12-11-13-6-7(2)10(14-11)17-9-5-8(3)15-16-9/h5-6H,4H2,1-3H3,(H,15,16)(H,12,13,14). The highest BCUT2D eigenvalue weighted by Gasteiger charge is 2.07. The minimum absolute atomic E-state index is 0.506. The van der Waals surface area contributed by atoms with Crippen molar-refractivity contribution in [2.24, 2.45) is 0 Å². The molecule has 2 N–H and O–H groups in total. The first-order valence-corrected chi connectivity index (χ1v) is 5.46. The lowest BCUT2D eigenvalue weighted by Gasteiger charge is -2.06. The summed E-state index contributed by atoms with van der Waals surface area (Å²) in [5, 5.41) is 9.85. The Bertz CT molecular complexity index is 508. The first kappa shape index (κ1) is 11.4. The molecule has 0 aliphatic carbocycles. The average Bonchev–Trinajstić information content (AvgIpc) is 2.69. The highest BCUT2D eigenvalue weighted by Crippen LogP contribution is 2.21. The van der Waals surface area contributed by atoms with Crippen LogP contribution < -0.4 is 10.1 Å². The maximum Gasteiger partial charge on any atom is 0.240 e. The normalized spacial score (nSPS) is 10.3. The Labute approximate surface area is 99.4 Å². The van der Waals surface area contributed by atoms with E-state index in [9.17, 15) is 0 Å². The zero-order valence-electron chi connectivity index (χ0n) is 10.1. The molecule has 90 valence electrons. The summed E-state index contributed by atoms with van der Waals surface area (Å²) in [7, 11) is 0. The molecule has 0 bridgehead atoms. The van der Waals surface area contributed by atoms with Crippen molar-refractivity contribution < 1.29 is 4.74 Å². The van der Waals surface area contributed by atoms with Gasteiger partial charge in [-0.1, -0.05) is 0 Å². The van der Waals surface area contributed by atoms with E-state index >= 15 is 0 Å². The van der Waals surface area contributed by atoms with Crippen LogP contribution in [0.1, 0.15) is 18.2 Å². The van der Waals surface area contributed by atoms with E-state index in [1.165, 1.54) is 0 Å².